The third-order valence-corrected chi connectivity index (χ3v) is 7.05. The summed E-state index contributed by atoms with van der Waals surface area (Å²) in [5.41, 5.74) is 0.577. The fraction of sp³-hybridized carbons (Fsp3) is 0.308. The molecule has 4 amide bonds. The van der Waals surface area contributed by atoms with Crippen LogP contribution in [0, 0.1) is 0 Å². The van der Waals surface area contributed by atoms with E-state index in [0.717, 1.165) is 17.1 Å². The van der Waals surface area contributed by atoms with Gasteiger partial charge in [-0.05, 0) is 43.5 Å². The van der Waals surface area contributed by atoms with Crippen LogP contribution in [0.5, 0.6) is 0 Å². The van der Waals surface area contributed by atoms with E-state index in [1.165, 1.54) is 22.3 Å². The molecule has 0 spiro atoms. The number of alkyl halides is 3. The van der Waals surface area contributed by atoms with E-state index in [0.29, 0.717) is 42.7 Å². The molecule has 4 rings (SSSR count). The summed E-state index contributed by atoms with van der Waals surface area (Å²) in [6, 6.07) is 11.1. The van der Waals surface area contributed by atoms with Crippen LogP contribution in [0.3, 0.4) is 0 Å². The van der Waals surface area contributed by atoms with Gasteiger partial charge in [0.15, 0.2) is 0 Å². The molecule has 0 radical (unpaired) electrons. The van der Waals surface area contributed by atoms with Gasteiger partial charge < -0.3 is 15.0 Å². The maximum Gasteiger partial charge on any atom is 0.416 e. The third-order valence-electron chi connectivity index (χ3n) is 6.05. The highest BCUT2D eigenvalue weighted by atomic mass is 32.1. The second kappa shape index (κ2) is 11.6. The van der Waals surface area contributed by atoms with E-state index in [2.05, 4.69) is 15.6 Å². The van der Waals surface area contributed by atoms with Crippen LogP contribution < -0.4 is 10.6 Å². The van der Waals surface area contributed by atoms with Crippen LogP contribution in [0.2, 0.25) is 0 Å². The Labute approximate surface area is 220 Å². The molecule has 8 nitrogen and oxygen atoms in total. The first-order valence-corrected chi connectivity index (χ1v) is 12.8. The minimum Gasteiger partial charge on any atom is -0.450 e. The molecule has 2 aromatic carbocycles. The number of hydrogen-bond acceptors (Lipinski definition) is 6. The SMILES string of the molecule is CCOC(=O)NC(=O)N1CCC(c2nc(C(=O)Nc3ccccc3-c3cccc(C(F)(F)F)c3)cs2)CC1. The fourth-order valence-corrected chi connectivity index (χ4v) is 5.11. The average molecular weight is 547 g/mol. The van der Waals surface area contributed by atoms with E-state index < -0.39 is 29.8 Å². The van der Waals surface area contributed by atoms with Gasteiger partial charge in [0.2, 0.25) is 0 Å². The number of benzene rings is 2. The first kappa shape index (κ1) is 27.1. The van der Waals surface area contributed by atoms with Gasteiger partial charge in [-0.3, -0.25) is 4.79 Å². The number of nitrogens with one attached hydrogen (secondary N) is 2. The molecule has 0 aliphatic carbocycles. The molecular weight excluding hydrogens is 521 g/mol. The number of aromatic nitrogens is 1. The van der Waals surface area contributed by atoms with Crippen molar-refractivity contribution >= 4 is 35.1 Å². The Balaban J connectivity index is 1.40. The number of carbonyl (C=O) groups is 3. The van der Waals surface area contributed by atoms with Crippen LogP contribution in [0.4, 0.5) is 28.4 Å². The Morgan fingerprint density at radius 3 is 2.55 bits per heavy atom. The maximum absolute atomic E-state index is 13.2. The molecule has 0 unspecified atom stereocenters. The molecule has 0 saturated carbocycles. The number of alkyl carbamates (subject to hydrolysis) is 1. The van der Waals surface area contributed by atoms with Crippen molar-refractivity contribution in [2.45, 2.75) is 31.9 Å². The number of para-hydroxylation sites is 1. The van der Waals surface area contributed by atoms with Crippen molar-refractivity contribution in [3.63, 3.8) is 0 Å². The standard InChI is InChI=1S/C26H25F3N4O4S/c1-2-37-25(36)32-24(35)33-12-10-16(11-13-33)23-31-21(15-38-23)22(34)30-20-9-4-3-8-19(20)17-6-5-7-18(14-17)26(27,28)29/h3-9,14-16H,2,10-13H2,1H3,(H,30,34)(H,32,35,36). The highest BCUT2D eigenvalue weighted by molar-refractivity contribution is 7.10. The predicted molar refractivity (Wildman–Crippen MR) is 136 cm³/mol. The molecule has 2 N–H and O–H groups in total. The van der Waals surface area contributed by atoms with Crippen LogP contribution >= 0.6 is 11.3 Å². The van der Waals surface area contributed by atoms with Crippen molar-refractivity contribution in [2.75, 3.05) is 25.0 Å². The van der Waals surface area contributed by atoms with E-state index in [4.69, 9.17) is 4.74 Å². The first-order chi connectivity index (χ1) is 18.2. The van der Waals surface area contributed by atoms with Crippen molar-refractivity contribution in [3.05, 3.63) is 70.2 Å². The molecule has 2 heterocycles. The lowest BCUT2D eigenvalue weighted by atomic mass is 9.98. The van der Waals surface area contributed by atoms with Gasteiger partial charge >= 0.3 is 18.3 Å². The minimum absolute atomic E-state index is 0.0468. The zero-order chi connectivity index (χ0) is 27.3. The van der Waals surface area contributed by atoms with Crippen LogP contribution in [-0.4, -0.2) is 47.6 Å². The molecule has 1 fully saturated rings. The van der Waals surface area contributed by atoms with Crippen LogP contribution in [-0.2, 0) is 10.9 Å². The highest BCUT2D eigenvalue weighted by Crippen LogP contribution is 2.35. The lowest BCUT2D eigenvalue weighted by Crippen LogP contribution is -2.46. The molecule has 38 heavy (non-hydrogen) atoms. The first-order valence-electron chi connectivity index (χ1n) is 11.9. The van der Waals surface area contributed by atoms with Gasteiger partial charge in [0.25, 0.3) is 5.91 Å². The van der Waals surface area contributed by atoms with E-state index in [9.17, 15) is 27.6 Å². The number of ether oxygens (including phenoxy) is 1. The predicted octanol–water partition coefficient (Wildman–Crippen LogP) is 6.13. The van der Waals surface area contributed by atoms with Crippen LogP contribution in [0.1, 0.15) is 46.7 Å². The fourth-order valence-electron chi connectivity index (χ4n) is 4.14. The number of imide groups is 1. The second-order valence-corrected chi connectivity index (χ2v) is 9.45. The normalized spacial score (nSPS) is 14.2. The lowest BCUT2D eigenvalue weighted by Gasteiger charge is -2.30. The van der Waals surface area contributed by atoms with Crippen molar-refractivity contribution in [1.82, 2.24) is 15.2 Å². The number of piperidine rings is 1. The Morgan fingerprint density at radius 1 is 1.11 bits per heavy atom. The van der Waals surface area contributed by atoms with Gasteiger partial charge in [-0.1, -0.05) is 30.3 Å². The third kappa shape index (κ3) is 6.49. The number of urea groups is 1. The zero-order valence-corrected chi connectivity index (χ0v) is 21.2. The summed E-state index contributed by atoms with van der Waals surface area (Å²) in [5, 5.41) is 7.34. The second-order valence-electron chi connectivity index (χ2n) is 8.56. The molecule has 1 saturated heterocycles. The molecule has 12 heteroatoms. The van der Waals surface area contributed by atoms with Crippen molar-refractivity contribution in [3.8, 4) is 11.1 Å². The Morgan fingerprint density at radius 2 is 1.84 bits per heavy atom. The van der Waals surface area contributed by atoms with E-state index in [1.54, 1.807) is 42.6 Å². The van der Waals surface area contributed by atoms with Gasteiger partial charge in [0.05, 0.1) is 17.2 Å². The monoisotopic (exact) mass is 546 g/mol. The van der Waals surface area contributed by atoms with E-state index in [-0.39, 0.29) is 18.2 Å². The van der Waals surface area contributed by atoms with E-state index in [1.807, 2.05) is 0 Å². The number of nitrogens with zero attached hydrogens (tertiary/aromatic N) is 2. The summed E-state index contributed by atoms with van der Waals surface area (Å²) in [6.07, 6.45) is -4.04. The van der Waals surface area contributed by atoms with Crippen molar-refractivity contribution in [1.29, 1.82) is 0 Å². The molecule has 1 aliphatic rings. The average Bonchev–Trinajstić information content (AvgIpc) is 3.39. The smallest absolute Gasteiger partial charge is 0.416 e. The molecule has 3 aromatic rings. The zero-order valence-electron chi connectivity index (χ0n) is 20.4. The minimum atomic E-state index is -4.48. The molecular formula is C26H25F3N4O4S. The molecule has 200 valence electrons. The summed E-state index contributed by atoms with van der Waals surface area (Å²) in [6.45, 7) is 2.65. The Kier molecular flexibility index (Phi) is 8.30. The summed E-state index contributed by atoms with van der Waals surface area (Å²) in [5.74, 6) is -0.427. The summed E-state index contributed by atoms with van der Waals surface area (Å²) < 4.78 is 44.3. The number of halogens is 3. The number of thiazole rings is 1. The van der Waals surface area contributed by atoms with Gasteiger partial charge in [0, 0.05) is 35.6 Å². The van der Waals surface area contributed by atoms with Gasteiger partial charge in [0.1, 0.15) is 5.69 Å². The Hall–Kier alpha value is -3.93. The van der Waals surface area contributed by atoms with Gasteiger partial charge in [-0.2, -0.15) is 13.2 Å². The number of hydrogen-bond donors (Lipinski definition) is 2. The molecule has 0 bridgehead atoms. The summed E-state index contributed by atoms with van der Waals surface area (Å²) in [4.78, 5) is 42.6. The Bertz CT molecular complexity index is 1320. The van der Waals surface area contributed by atoms with E-state index >= 15 is 0 Å². The lowest BCUT2D eigenvalue weighted by molar-refractivity contribution is -0.137. The molecule has 1 aromatic heterocycles. The number of anilines is 1. The molecule has 0 atom stereocenters. The molecule has 1 aliphatic heterocycles. The number of amides is 4. The summed E-state index contributed by atoms with van der Waals surface area (Å²) >= 11 is 1.34. The van der Waals surface area contributed by atoms with Gasteiger partial charge in [-0.15, -0.1) is 11.3 Å². The highest BCUT2D eigenvalue weighted by Gasteiger charge is 2.31. The van der Waals surface area contributed by atoms with Crippen LogP contribution in [0.25, 0.3) is 11.1 Å². The number of rotatable bonds is 5. The quantitative estimate of drug-likeness (QED) is 0.401. The maximum atomic E-state index is 13.2. The van der Waals surface area contributed by atoms with Crippen LogP contribution in [0.15, 0.2) is 53.9 Å². The summed E-state index contributed by atoms with van der Waals surface area (Å²) in [7, 11) is 0. The van der Waals surface area contributed by atoms with Crippen molar-refractivity contribution in [2.24, 2.45) is 0 Å². The topological polar surface area (TPSA) is 101 Å². The largest absolute Gasteiger partial charge is 0.450 e. The number of likely N-dealkylation sites (tertiary alicyclic amines) is 1. The van der Waals surface area contributed by atoms with Crippen molar-refractivity contribution < 1.29 is 32.3 Å². The van der Waals surface area contributed by atoms with Gasteiger partial charge in [-0.25, -0.2) is 19.9 Å². The number of carbonyl (C=O) groups excluding carboxylic acids is 3.